The molecule has 0 aromatic heterocycles. The van der Waals surface area contributed by atoms with Crippen LogP contribution in [0.3, 0.4) is 0 Å². The Morgan fingerprint density at radius 3 is 1.80 bits per heavy atom. The summed E-state index contributed by atoms with van der Waals surface area (Å²) in [4.78, 5) is 8.44. The molecule has 0 aliphatic heterocycles. The van der Waals surface area contributed by atoms with Crippen molar-refractivity contribution < 1.29 is 73.2 Å². The van der Waals surface area contributed by atoms with Gasteiger partial charge in [-0.15, -0.1) is 0 Å². The summed E-state index contributed by atoms with van der Waals surface area (Å²) < 4.78 is 0. The Morgan fingerprint density at radius 1 is 1.80 bits per heavy atom. The smallest absolute Gasteiger partial charge is 0.565 e. The zero-order valence-electron chi connectivity index (χ0n) is 2.76. The van der Waals surface area contributed by atoms with Crippen LogP contribution in [0, 0.1) is 0 Å². The number of carboxylic acid groups (broad SMARTS) is 2. The fourth-order valence-electron chi connectivity index (χ4n) is 0. The van der Waals surface area contributed by atoms with Crippen LogP contribution in [-0.2, 0) is 0 Å². The zero-order valence-corrected chi connectivity index (χ0v) is 7.68. The number of hydrogen-bond donors (Lipinski definition) is 1. The molecule has 0 aliphatic rings. The molecule has 0 saturated heterocycles. The first-order valence-electron chi connectivity index (χ1n) is 0.632. The van der Waals surface area contributed by atoms with Crippen LogP contribution < -0.4 is 63.3 Å². The number of carbonyl (C=O) groups is 1. The molecule has 0 radical (unpaired) electrons. The summed E-state index contributed by atoms with van der Waals surface area (Å²) in [6.07, 6.45) is -2.08. The van der Waals surface area contributed by atoms with Gasteiger partial charge in [-0.05, 0) is 0 Å². The van der Waals surface area contributed by atoms with Crippen molar-refractivity contribution in [2.24, 2.45) is 0 Å². The average Bonchev–Trinajstić information content (AvgIpc) is 0.811. The second kappa shape index (κ2) is 5.08. The minimum Gasteiger partial charge on any atom is -0.565 e. The molecule has 0 spiro atoms. The van der Waals surface area contributed by atoms with Crippen LogP contribution in [0.25, 0.3) is 0 Å². The van der Waals surface area contributed by atoms with Crippen molar-refractivity contribution >= 4 is 6.16 Å². The Bertz CT molecular complexity index is 29.9. The summed E-state index contributed by atoms with van der Waals surface area (Å²) in [5.41, 5.74) is 0. The largest absolute Gasteiger partial charge is 1.00 e. The second-order valence-corrected chi connectivity index (χ2v) is 0.266. The molecule has 0 fully saturated rings. The molecule has 0 aromatic carbocycles. The van der Waals surface area contributed by atoms with Crippen molar-refractivity contribution in [1.29, 1.82) is 0 Å². The Labute approximate surface area is 77.8 Å². The molecule has 1 N–H and O–H groups in total. The van der Waals surface area contributed by atoms with Gasteiger partial charge in [0, 0.05) is 0 Å². The molecule has 0 aliphatic carbocycles. The molecular weight excluding hydrogens is 145 g/mol. The van der Waals surface area contributed by atoms with E-state index in [-0.39, 0.29) is 58.2 Å². The van der Waals surface area contributed by atoms with Gasteiger partial charge < -0.3 is 15.0 Å². The summed E-state index contributed by atoms with van der Waals surface area (Å²) >= 11 is 0. The molecule has 0 saturated carbocycles. The van der Waals surface area contributed by atoms with Crippen molar-refractivity contribution in [3.8, 4) is 0 Å². The summed E-state index contributed by atoms with van der Waals surface area (Å²) in [7, 11) is 0. The van der Waals surface area contributed by atoms with Gasteiger partial charge in [0.05, 0.1) is 0 Å². The maximum Gasteiger partial charge on any atom is 1.00 e. The van der Waals surface area contributed by atoms with Crippen molar-refractivity contribution in [3.05, 3.63) is 0 Å². The third-order valence-electron chi connectivity index (χ3n) is 0. The molecule has 0 bridgehead atoms. The maximum atomic E-state index is 8.44. The molecule has 0 atom stereocenters. The van der Waals surface area contributed by atoms with E-state index >= 15 is 0 Å². The van der Waals surface area contributed by atoms with Gasteiger partial charge in [0.2, 0.25) is 6.16 Å². The normalized spacial score (nSPS) is 4.80. The Balaban J connectivity index is 0. The van der Waals surface area contributed by atoms with Crippen LogP contribution in [0.2, 0.25) is 0 Å². The van der Waals surface area contributed by atoms with Gasteiger partial charge in [0.15, 0.2) is 0 Å². The van der Waals surface area contributed by atoms with Gasteiger partial charge in [0.1, 0.15) is 0 Å². The third kappa shape index (κ3) is 41.5. The summed E-state index contributed by atoms with van der Waals surface area (Å²) in [6.45, 7) is 0. The molecule has 0 rings (SSSR count). The molecule has 5 heavy (non-hydrogen) atoms. The third-order valence-corrected chi connectivity index (χ3v) is 0. The van der Waals surface area contributed by atoms with Crippen LogP contribution in [0.1, 0.15) is 0 Å². The van der Waals surface area contributed by atoms with Crippen LogP contribution in [0.4, 0.5) is 4.79 Å². The molecule has 24 valence electrons. The van der Waals surface area contributed by atoms with E-state index in [1.54, 1.807) is 0 Å². The Kier molecular flexibility index (Phi) is 9.56. The van der Waals surface area contributed by atoms with Crippen LogP contribution in [0.5, 0.6) is 0 Å². The second-order valence-electron chi connectivity index (χ2n) is 0.266. The summed E-state index contributed by atoms with van der Waals surface area (Å²) in [5, 5.41) is 15.3. The van der Waals surface area contributed by atoms with E-state index in [0.717, 1.165) is 0 Å². The molecule has 0 unspecified atom stereocenters. The molecular formula is CHO3Rb. The zero-order chi connectivity index (χ0) is 3.58. The molecule has 0 heterocycles. The van der Waals surface area contributed by atoms with E-state index in [0.29, 0.717) is 0 Å². The molecule has 3 nitrogen and oxygen atoms in total. The minimum absolute atomic E-state index is 0. The van der Waals surface area contributed by atoms with E-state index in [4.69, 9.17) is 15.0 Å². The summed E-state index contributed by atoms with van der Waals surface area (Å²) in [5.74, 6) is 0. The summed E-state index contributed by atoms with van der Waals surface area (Å²) in [6, 6.07) is 0. The van der Waals surface area contributed by atoms with Crippen LogP contribution in [0.15, 0.2) is 0 Å². The number of hydrogen-bond acceptors (Lipinski definition) is 2. The van der Waals surface area contributed by atoms with E-state index in [2.05, 4.69) is 0 Å². The first-order chi connectivity index (χ1) is 1.73. The molecule has 4 heteroatoms. The average molecular weight is 146 g/mol. The van der Waals surface area contributed by atoms with E-state index in [9.17, 15) is 0 Å². The van der Waals surface area contributed by atoms with E-state index in [1.807, 2.05) is 0 Å². The van der Waals surface area contributed by atoms with Crippen LogP contribution in [-0.4, -0.2) is 11.3 Å². The van der Waals surface area contributed by atoms with Gasteiger partial charge in [-0.3, -0.25) is 0 Å². The van der Waals surface area contributed by atoms with Gasteiger partial charge in [-0.25, -0.2) is 0 Å². The predicted molar refractivity (Wildman–Crippen MR) is 8.02 cm³/mol. The number of rotatable bonds is 0. The topological polar surface area (TPSA) is 60.4 Å². The van der Waals surface area contributed by atoms with Gasteiger partial charge >= 0.3 is 58.2 Å². The van der Waals surface area contributed by atoms with Crippen molar-refractivity contribution in [3.63, 3.8) is 0 Å². The molecule has 0 aromatic rings. The SMILES string of the molecule is O=C([O-])O.[Rb+]. The fraction of sp³-hybridized carbons (Fsp3) is 0. The van der Waals surface area contributed by atoms with Crippen LogP contribution >= 0.6 is 0 Å². The first-order valence-corrected chi connectivity index (χ1v) is 0.632. The van der Waals surface area contributed by atoms with E-state index < -0.39 is 6.16 Å². The Hall–Kier alpha value is 1.08. The minimum atomic E-state index is -2.08. The standard InChI is InChI=1S/CH2O3.Rb/c2-1(3)4;/h(H2,2,3,4);/q;+1/p-1. The van der Waals surface area contributed by atoms with Crippen molar-refractivity contribution in [1.82, 2.24) is 0 Å². The molecule has 0 amide bonds. The van der Waals surface area contributed by atoms with Crippen molar-refractivity contribution in [2.45, 2.75) is 0 Å². The van der Waals surface area contributed by atoms with E-state index in [1.165, 1.54) is 0 Å². The van der Waals surface area contributed by atoms with Gasteiger partial charge in [-0.1, -0.05) is 0 Å². The monoisotopic (exact) mass is 146 g/mol. The predicted octanol–water partition coefficient (Wildman–Crippen LogP) is -4.11. The Morgan fingerprint density at radius 2 is 1.80 bits per heavy atom. The fourth-order valence-corrected chi connectivity index (χ4v) is 0. The van der Waals surface area contributed by atoms with Crippen molar-refractivity contribution in [2.75, 3.05) is 0 Å². The van der Waals surface area contributed by atoms with Gasteiger partial charge in [0.25, 0.3) is 0 Å². The first kappa shape index (κ1) is 9.42. The van der Waals surface area contributed by atoms with Gasteiger partial charge in [-0.2, -0.15) is 0 Å². The quantitative estimate of drug-likeness (QED) is 0.378. The maximum absolute atomic E-state index is 8.44.